The predicted molar refractivity (Wildman–Crippen MR) is 93.2 cm³/mol. The van der Waals surface area contributed by atoms with Crippen molar-refractivity contribution in [2.45, 2.75) is 25.3 Å². The largest absolute Gasteiger partial charge is 0.445 e. The second-order valence-electron chi connectivity index (χ2n) is 7.38. The van der Waals surface area contributed by atoms with E-state index in [-0.39, 0.29) is 5.78 Å². The van der Waals surface area contributed by atoms with Gasteiger partial charge in [-0.05, 0) is 49.9 Å². The number of Topliss-reactive ketones (excluding diaryl/α,β-unsaturated/α-hetero) is 1. The van der Waals surface area contributed by atoms with Gasteiger partial charge in [0, 0.05) is 30.0 Å². The summed E-state index contributed by atoms with van der Waals surface area (Å²) >= 11 is 0. The number of H-pyrrole nitrogens is 1. The highest BCUT2D eigenvalue weighted by atomic mass is 16.3. The van der Waals surface area contributed by atoms with Gasteiger partial charge in [0.15, 0.2) is 5.78 Å². The zero-order valence-electron chi connectivity index (χ0n) is 14.1. The van der Waals surface area contributed by atoms with Gasteiger partial charge < -0.3 is 9.32 Å². The zero-order valence-corrected chi connectivity index (χ0v) is 14.1. The van der Waals surface area contributed by atoms with Crippen LogP contribution < -0.4 is 0 Å². The third-order valence-corrected chi connectivity index (χ3v) is 5.92. The van der Waals surface area contributed by atoms with Gasteiger partial charge in [0.25, 0.3) is 0 Å². The van der Waals surface area contributed by atoms with Crippen molar-refractivity contribution >= 4 is 16.7 Å². The van der Waals surface area contributed by atoms with Crippen molar-refractivity contribution in [1.29, 1.82) is 0 Å². The minimum atomic E-state index is 0.148. The number of fused-ring (bicyclic) bond motifs is 3. The van der Waals surface area contributed by atoms with Gasteiger partial charge in [0.05, 0.1) is 11.7 Å². The Hall–Kier alpha value is -2.47. The molecule has 2 fully saturated rings. The summed E-state index contributed by atoms with van der Waals surface area (Å²) in [6, 6.07) is 6.45. The third-order valence-electron chi connectivity index (χ3n) is 5.92. The van der Waals surface area contributed by atoms with Crippen molar-refractivity contribution < 1.29 is 9.21 Å². The normalized spacial score (nSPS) is 25.9. The molecule has 1 N–H and O–H groups in total. The highest BCUT2D eigenvalue weighted by molar-refractivity contribution is 6.06. The number of ketones is 1. The maximum Gasteiger partial charge on any atom is 0.225 e. The average Bonchev–Trinajstić information content (AvgIpc) is 3.37. The molecule has 0 amide bonds. The number of rotatable bonds is 4. The Morgan fingerprint density at radius 3 is 3.04 bits per heavy atom. The molecule has 6 nitrogen and oxygen atoms in total. The molecule has 1 aromatic carbocycles. The summed E-state index contributed by atoms with van der Waals surface area (Å²) in [7, 11) is 2.19. The van der Waals surface area contributed by atoms with Crippen LogP contribution in [0.3, 0.4) is 0 Å². The van der Waals surface area contributed by atoms with Crippen LogP contribution in [0, 0.1) is 11.8 Å². The number of aromatic nitrogens is 3. The van der Waals surface area contributed by atoms with Gasteiger partial charge in [-0.1, -0.05) is 0 Å². The van der Waals surface area contributed by atoms with E-state index < -0.39 is 0 Å². The Labute approximate surface area is 145 Å². The lowest BCUT2D eigenvalue weighted by molar-refractivity contribution is 0.0927. The molecule has 2 bridgehead atoms. The Bertz CT molecular complexity index is 928. The lowest BCUT2D eigenvalue weighted by atomic mass is 9.89. The van der Waals surface area contributed by atoms with Crippen LogP contribution in [0.1, 0.15) is 29.8 Å². The number of benzene rings is 1. The molecule has 128 valence electrons. The molecular weight excluding hydrogens is 316 g/mol. The highest BCUT2D eigenvalue weighted by Crippen LogP contribution is 2.43. The number of hydrogen-bond acceptors (Lipinski definition) is 5. The van der Waals surface area contributed by atoms with Gasteiger partial charge in [0.2, 0.25) is 5.89 Å². The second kappa shape index (κ2) is 5.52. The molecule has 1 aliphatic heterocycles. The quantitative estimate of drug-likeness (QED) is 0.741. The summed E-state index contributed by atoms with van der Waals surface area (Å²) in [5.41, 5.74) is 2.27. The number of carbonyl (C=O) groups excluding carboxylic acids is 1. The summed E-state index contributed by atoms with van der Waals surface area (Å²) in [6.45, 7) is 1.13. The van der Waals surface area contributed by atoms with Crippen molar-refractivity contribution in [3.8, 4) is 11.5 Å². The van der Waals surface area contributed by atoms with E-state index in [0.29, 0.717) is 35.9 Å². The molecule has 1 saturated heterocycles. The Kier molecular flexibility index (Phi) is 3.28. The van der Waals surface area contributed by atoms with Gasteiger partial charge in [-0.25, -0.2) is 4.98 Å². The van der Waals surface area contributed by atoms with Crippen LogP contribution in [0.4, 0.5) is 0 Å². The van der Waals surface area contributed by atoms with Crippen molar-refractivity contribution in [2.75, 3.05) is 13.6 Å². The SMILES string of the molecule is CN1CC2CC1CC2CC(=O)c1n[nH]c2cc(-c3ncco3)ccc12. The molecule has 6 heteroatoms. The fourth-order valence-corrected chi connectivity index (χ4v) is 4.60. The lowest BCUT2D eigenvalue weighted by Crippen LogP contribution is -2.32. The Morgan fingerprint density at radius 1 is 1.40 bits per heavy atom. The summed E-state index contributed by atoms with van der Waals surface area (Å²) in [5.74, 6) is 1.89. The smallest absolute Gasteiger partial charge is 0.225 e. The molecule has 3 atom stereocenters. The molecule has 2 aromatic heterocycles. The van der Waals surface area contributed by atoms with E-state index in [1.54, 1.807) is 12.5 Å². The van der Waals surface area contributed by atoms with Crippen LogP contribution in [0.5, 0.6) is 0 Å². The fourth-order valence-electron chi connectivity index (χ4n) is 4.60. The lowest BCUT2D eigenvalue weighted by Gasteiger charge is -2.27. The fraction of sp³-hybridized carbons (Fsp3) is 0.421. The first-order chi connectivity index (χ1) is 12.2. The van der Waals surface area contributed by atoms with Crippen LogP contribution in [-0.2, 0) is 0 Å². The van der Waals surface area contributed by atoms with Crippen LogP contribution in [0.15, 0.2) is 35.1 Å². The summed E-state index contributed by atoms with van der Waals surface area (Å²) in [4.78, 5) is 19.4. The first-order valence-electron chi connectivity index (χ1n) is 8.80. The molecule has 1 saturated carbocycles. The molecule has 0 spiro atoms. The van der Waals surface area contributed by atoms with Gasteiger partial charge in [-0.15, -0.1) is 0 Å². The van der Waals surface area contributed by atoms with E-state index in [1.807, 2.05) is 18.2 Å². The highest BCUT2D eigenvalue weighted by Gasteiger charge is 2.43. The van der Waals surface area contributed by atoms with Crippen molar-refractivity contribution in [2.24, 2.45) is 11.8 Å². The summed E-state index contributed by atoms with van der Waals surface area (Å²) < 4.78 is 5.33. The van der Waals surface area contributed by atoms with Crippen LogP contribution in [0.25, 0.3) is 22.4 Å². The van der Waals surface area contributed by atoms with E-state index in [9.17, 15) is 4.79 Å². The minimum Gasteiger partial charge on any atom is -0.445 e. The van der Waals surface area contributed by atoms with Crippen molar-refractivity contribution in [3.05, 3.63) is 36.4 Å². The maximum atomic E-state index is 12.8. The molecule has 1 aliphatic carbocycles. The predicted octanol–water partition coefficient (Wildman–Crippen LogP) is 3.13. The molecular formula is C19H20N4O2. The number of nitrogens with zero attached hydrogens (tertiary/aromatic N) is 3. The van der Waals surface area contributed by atoms with Gasteiger partial charge in [0.1, 0.15) is 12.0 Å². The number of nitrogens with one attached hydrogen (secondary N) is 1. The summed E-state index contributed by atoms with van der Waals surface area (Å²) in [6.07, 6.45) is 6.16. The van der Waals surface area contributed by atoms with E-state index in [0.717, 1.165) is 29.4 Å². The number of hydrogen-bond donors (Lipinski definition) is 1. The van der Waals surface area contributed by atoms with Gasteiger partial charge in [-0.3, -0.25) is 9.89 Å². The Balaban J connectivity index is 1.39. The third kappa shape index (κ3) is 2.40. The Morgan fingerprint density at radius 2 is 2.32 bits per heavy atom. The van der Waals surface area contributed by atoms with E-state index in [1.165, 1.54) is 6.42 Å². The number of likely N-dealkylation sites (tertiary alicyclic amines) is 1. The van der Waals surface area contributed by atoms with Gasteiger partial charge in [-0.2, -0.15) is 5.10 Å². The average molecular weight is 336 g/mol. The topological polar surface area (TPSA) is 75.0 Å². The number of piperidine rings is 1. The van der Waals surface area contributed by atoms with Crippen molar-refractivity contribution in [3.63, 3.8) is 0 Å². The summed E-state index contributed by atoms with van der Waals surface area (Å²) in [5, 5.41) is 8.17. The van der Waals surface area contributed by atoms with E-state index in [4.69, 9.17) is 4.42 Å². The number of carbonyl (C=O) groups is 1. The van der Waals surface area contributed by atoms with E-state index in [2.05, 4.69) is 27.1 Å². The molecule has 5 rings (SSSR count). The monoisotopic (exact) mass is 336 g/mol. The molecule has 3 heterocycles. The van der Waals surface area contributed by atoms with Crippen LogP contribution >= 0.6 is 0 Å². The number of aromatic amines is 1. The molecule has 3 unspecified atom stereocenters. The molecule has 3 aromatic rings. The van der Waals surface area contributed by atoms with E-state index >= 15 is 0 Å². The zero-order chi connectivity index (χ0) is 17.0. The second-order valence-corrected chi connectivity index (χ2v) is 7.38. The maximum absolute atomic E-state index is 12.8. The number of oxazole rings is 1. The van der Waals surface area contributed by atoms with Gasteiger partial charge >= 0.3 is 0 Å². The standard InChI is InChI=1S/C19H20N4O2/c1-23-10-13-7-14(23)6-12(13)9-17(24)18-15-3-2-11(8-16(15)21-22-18)19-20-4-5-25-19/h2-5,8,12-14H,6-7,9-10H2,1H3,(H,21,22). The van der Waals surface area contributed by atoms with Crippen LogP contribution in [-0.4, -0.2) is 45.5 Å². The molecule has 0 radical (unpaired) electrons. The van der Waals surface area contributed by atoms with Crippen LogP contribution in [0.2, 0.25) is 0 Å². The first kappa shape index (κ1) is 14.8. The molecule has 25 heavy (non-hydrogen) atoms. The van der Waals surface area contributed by atoms with Crippen molar-refractivity contribution in [1.82, 2.24) is 20.1 Å². The molecule has 2 aliphatic rings. The minimum absolute atomic E-state index is 0.148. The first-order valence-corrected chi connectivity index (χ1v) is 8.80.